The van der Waals surface area contributed by atoms with Crippen molar-refractivity contribution in [1.29, 1.82) is 0 Å². The SMILES string of the molecule is CCC[C@H](CC)CC(=O)c1ncco1. The molecule has 0 saturated carbocycles. The molecule has 3 nitrogen and oxygen atoms in total. The van der Waals surface area contributed by atoms with Crippen LogP contribution in [0.2, 0.25) is 0 Å². The maximum atomic E-state index is 11.6. The van der Waals surface area contributed by atoms with Gasteiger partial charge in [-0.05, 0) is 5.92 Å². The van der Waals surface area contributed by atoms with E-state index in [9.17, 15) is 4.79 Å². The maximum absolute atomic E-state index is 11.6. The zero-order valence-corrected chi connectivity index (χ0v) is 8.82. The third-order valence-electron chi connectivity index (χ3n) is 2.42. The first-order valence-corrected chi connectivity index (χ1v) is 5.20. The van der Waals surface area contributed by atoms with Gasteiger partial charge in [-0.2, -0.15) is 0 Å². The number of oxazole rings is 1. The van der Waals surface area contributed by atoms with E-state index in [0.29, 0.717) is 12.3 Å². The van der Waals surface area contributed by atoms with E-state index in [1.165, 1.54) is 12.5 Å². The fourth-order valence-corrected chi connectivity index (χ4v) is 1.57. The van der Waals surface area contributed by atoms with Crippen LogP contribution in [0.25, 0.3) is 0 Å². The number of carbonyl (C=O) groups excluding carboxylic acids is 1. The molecule has 0 aliphatic carbocycles. The van der Waals surface area contributed by atoms with Crippen LogP contribution in [-0.4, -0.2) is 10.8 Å². The lowest BCUT2D eigenvalue weighted by molar-refractivity contribution is 0.0923. The lowest BCUT2D eigenvalue weighted by Crippen LogP contribution is -2.08. The highest BCUT2D eigenvalue weighted by Gasteiger charge is 2.16. The Balaban J connectivity index is 2.47. The van der Waals surface area contributed by atoms with Crippen LogP contribution in [0.5, 0.6) is 0 Å². The molecular weight excluding hydrogens is 178 g/mol. The Bertz CT molecular complexity index is 267. The van der Waals surface area contributed by atoms with Crippen molar-refractivity contribution in [1.82, 2.24) is 4.98 Å². The molecule has 14 heavy (non-hydrogen) atoms. The van der Waals surface area contributed by atoms with Gasteiger partial charge in [-0.3, -0.25) is 4.79 Å². The summed E-state index contributed by atoms with van der Waals surface area (Å²) in [4.78, 5) is 15.4. The molecule has 0 amide bonds. The molecule has 1 atom stereocenters. The predicted octanol–water partition coefficient (Wildman–Crippen LogP) is 3.07. The second-order valence-corrected chi connectivity index (χ2v) is 3.53. The normalized spacial score (nSPS) is 12.7. The van der Waals surface area contributed by atoms with E-state index in [1.54, 1.807) is 0 Å². The molecule has 0 N–H and O–H groups in total. The monoisotopic (exact) mass is 195 g/mol. The van der Waals surface area contributed by atoms with Crippen LogP contribution in [0, 0.1) is 5.92 Å². The molecule has 0 unspecified atom stereocenters. The van der Waals surface area contributed by atoms with Gasteiger partial charge < -0.3 is 4.42 Å². The Kier molecular flexibility index (Phi) is 4.36. The third kappa shape index (κ3) is 2.98. The summed E-state index contributed by atoms with van der Waals surface area (Å²) in [6.07, 6.45) is 6.77. The number of aromatic nitrogens is 1. The Morgan fingerprint density at radius 2 is 2.36 bits per heavy atom. The number of carbonyl (C=O) groups is 1. The first-order chi connectivity index (χ1) is 6.77. The van der Waals surface area contributed by atoms with Crippen molar-refractivity contribution < 1.29 is 9.21 Å². The van der Waals surface area contributed by atoms with Gasteiger partial charge in [0.2, 0.25) is 5.78 Å². The summed E-state index contributed by atoms with van der Waals surface area (Å²) >= 11 is 0. The molecule has 1 heterocycles. The van der Waals surface area contributed by atoms with Crippen LogP contribution in [-0.2, 0) is 0 Å². The lowest BCUT2D eigenvalue weighted by Gasteiger charge is -2.10. The highest BCUT2D eigenvalue weighted by Crippen LogP contribution is 2.17. The molecular formula is C11H17NO2. The first kappa shape index (κ1) is 11.0. The van der Waals surface area contributed by atoms with Gasteiger partial charge >= 0.3 is 0 Å². The fraction of sp³-hybridized carbons (Fsp3) is 0.636. The van der Waals surface area contributed by atoms with Crippen LogP contribution in [0.3, 0.4) is 0 Å². The van der Waals surface area contributed by atoms with Crippen LogP contribution in [0.4, 0.5) is 0 Å². The summed E-state index contributed by atoms with van der Waals surface area (Å²) in [6, 6.07) is 0. The molecule has 0 aliphatic heterocycles. The Labute approximate surface area is 84.5 Å². The van der Waals surface area contributed by atoms with Crippen molar-refractivity contribution in [3.63, 3.8) is 0 Å². The third-order valence-corrected chi connectivity index (χ3v) is 2.42. The molecule has 1 rings (SSSR count). The van der Waals surface area contributed by atoms with Crippen LogP contribution in [0.1, 0.15) is 50.2 Å². The molecule has 0 saturated heterocycles. The highest BCUT2D eigenvalue weighted by molar-refractivity contribution is 5.91. The number of ketones is 1. The minimum atomic E-state index is 0.0234. The van der Waals surface area contributed by atoms with E-state index >= 15 is 0 Å². The van der Waals surface area contributed by atoms with Crippen molar-refractivity contribution in [2.45, 2.75) is 39.5 Å². The predicted molar refractivity (Wildman–Crippen MR) is 54.1 cm³/mol. The molecule has 0 aliphatic rings. The average Bonchev–Trinajstić information content (AvgIpc) is 2.69. The fourth-order valence-electron chi connectivity index (χ4n) is 1.57. The lowest BCUT2D eigenvalue weighted by atomic mass is 9.95. The van der Waals surface area contributed by atoms with Crippen molar-refractivity contribution in [3.8, 4) is 0 Å². The average molecular weight is 195 g/mol. The zero-order valence-electron chi connectivity index (χ0n) is 8.82. The second-order valence-electron chi connectivity index (χ2n) is 3.53. The van der Waals surface area contributed by atoms with Crippen molar-refractivity contribution in [2.75, 3.05) is 0 Å². The number of rotatable bonds is 6. The highest BCUT2D eigenvalue weighted by atomic mass is 16.3. The largest absolute Gasteiger partial charge is 0.442 e. The van der Waals surface area contributed by atoms with Gasteiger partial charge in [0.25, 0.3) is 5.89 Å². The number of hydrogen-bond acceptors (Lipinski definition) is 3. The summed E-state index contributed by atoms with van der Waals surface area (Å²) in [5.41, 5.74) is 0. The van der Waals surface area contributed by atoms with Crippen LogP contribution >= 0.6 is 0 Å². The van der Waals surface area contributed by atoms with Gasteiger partial charge in [0.1, 0.15) is 6.26 Å². The Hall–Kier alpha value is -1.12. The van der Waals surface area contributed by atoms with Gasteiger partial charge in [0, 0.05) is 6.42 Å². The van der Waals surface area contributed by atoms with E-state index in [4.69, 9.17) is 4.42 Å². The van der Waals surface area contributed by atoms with Gasteiger partial charge in [0.05, 0.1) is 6.20 Å². The van der Waals surface area contributed by atoms with Gasteiger partial charge in [-0.25, -0.2) is 4.98 Å². The van der Waals surface area contributed by atoms with Gasteiger partial charge in [0.15, 0.2) is 0 Å². The minimum absolute atomic E-state index is 0.0234. The molecule has 1 aromatic rings. The van der Waals surface area contributed by atoms with Crippen LogP contribution in [0.15, 0.2) is 16.9 Å². The second kappa shape index (κ2) is 5.58. The van der Waals surface area contributed by atoms with E-state index < -0.39 is 0 Å². The van der Waals surface area contributed by atoms with Crippen molar-refractivity contribution in [3.05, 3.63) is 18.4 Å². The summed E-state index contributed by atoms with van der Waals surface area (Å²) < 4.78 is 4.96. The van der Waals surface area contributed by atoms with E-state index in [2.05, 4.69) is 18.8 Å². The molecule has 78 valence electrons. The molecule has 0 radical (unpaired) electrons. The molecule has 0 spiro atoms. The molecule has 0 bridgehead atoms. The molecule has 0 fully saturated rings. The number of hydrogen-bond donors (Lipinski definition) is 0. The van der Waals surface area contributed by atoms with Crippen LogP contribution < -0.4 is 0 Å². The summed E-state index contributed by atoms with van der Waals surface area (Å²) in [5, 5.41) is 0. The molecule has 0 aromatic carbocycles. The molecule has 3 heteroatoms. The summed E-state index contributed by atoms with van der Waals surface area (Å²) in [6.45, 7) is 4.25. The smallest absolute Gasteiger partial charge is 0.263 e. The maximum Gasteiger partial charge on any atom is 0.263 e. The standard InChI is InChI=1S/C11H17NO2/c1-3-5-9(4-2)8-10(13)11-12-6-7-14-11/h6-7,9H,3-5,8H2,1-2H3/t9-/m0/s1. The molecule has 1 aromatic heterocycles. The quantitative estimate of drug-likeness (QED) is 0.655. The Morgan fingerprint density at radius 1 is 1.57 bits per heavy atom. The first-order valence-electron chi connectivity index (χ1n) is 5.20. The zero-order chi connectivity index (χ0) is 10.4. The van der Waals surface area contributed by atoms with E-state index in [-0.39, 0.29) is 11.7 Å². The van der Waals surface area contributed by atoms with Gasteiger partial charge in [-0.1, -0.05) is 33.1 Å². The van der Waals surface area contributed by atoms with Gasteiger partial charge in [-0.15, -0.1) is 0 Å². The number of Topliss-reactive ketones (excluding diaryl/α,β-unsaturated/α-hetero) is 1. The van der Waals surface area contributed by atoms with Crippen molar-refractivity contribution >= 4 is 5.78 Å². The number of nitrogens with zero attached hydrogens (tertiary/aromatic N) is 1. The Morgan fingerprint density at radius 3 is 2.86 bits per heavy atom. The topological polar surface area (TPSA) is 43.1 Å². The van der Waals surface area contributed by atoms with Crippen molar-refractivity contribution in [2.24, 2.45) is 5.92 Å². The van der Waals surface area contributed by atoms with E-state index in [1.807, 2.05) is 0 Å². The summed E-state index contributed by atoms with van der Waals surface area (Å²) in [5.74, 6) is 0.745. The minimum Gasteiger partial charge on any atom is -0.442 e. The summed E-state index contributed by atoms with van der Waals surface area (Å²) in [7, 11) is 0. The van der Waals surface area contributed by atoms with E-state index in [0.717, 1.165) is 19.3 Å².